The number of nitrogens with two attached hydrogens (primary N) is 1. The van der Waals surface area contributed by atoms with E-state index in [1.807, 2.05) is 54.6 Å². The van der Waals surface area contributed by atoms with Gasteiger partial charge in [0.1, 0.15) is 11.4 Å². The van der Waals surface area contributed by atoms with Crippen LogP contribution in [0.4, 0.5) is 0 Å². The Kier molecular flexibility index (Phi) is 4.52. The van der Waals surface area contributed by atoms with Crippen LogP contribution in [0.3, 0.4) is 0 Å². The third kappa shape index (κ3) is 3.25. The summed E-state index contributed by atoms with van der Waals surface area (Å²) in [6.07, 6.45) is 1.98. The van der Waals surface area contributed by atoms with Gasteiger partial charge in [-0.2, -0.15) is 0 Å². The molecule has 2 N–H and O–H groups in total. The average molecular weight is 319 g/mol. The molecular weight excluding hydrogens is 302 g/mol. The van der Waals surface area contributed by atoms with Gasteiger partial charge in [0.05, 0.1) is 24.7 Å². The van der Waals surface area contributed by atoms with Crippen LogP contribution in [0.25, 0.3) is 11.3 Å². The van der Waals surface area contributed by atoms with Gasteiger partial charge < -0.3 is 10.5 Å². The molecule has 0 unspecified atom stereocenters. The lowest BCUT2D eigenvalue weighted by atomic mass is 10.1. The molecule has 0 saturated carbocycles. The third-order valence-electron chi connectivity index (χ3n) is 3.70. The first-order valence-corrected chi connectivity index (χ1v) is 7.52. The Hall–Kier alpha value is -3.21. The van der Waals surface area contributed by atoms with Crippen molar-refractivity contribution in [2.45, 2.75) is 6.42 Å². The number of benzene rings is 2. The highest BCUT2D eigenvalue weighted by Crippen LogP contribution is 2.23. The molecule has 0 saturated heterocycles. The van der Waals surface area contributed by atoms with E-state index in [1.54, 1.807) is 13.3 Å². The van der Waals surface area contributed by atoms with Crippen molar-refractivity contribution in [1.82, 2.24) is 9.97 Å². The van der Waals surface area contributed by atoms with Crippen LogP contribution in [-0.4, -0.2) is 23.0 Å². The number of para-hydroxylation sites is 1. The third-order valence-corrected chi connectivity index (χ3v) is 3.70. The second-order valence-corrected chi connectivity index (χ2v) is 5.27. The molecule has 5 heteroatoms. The van der Waals surface area contributed by atoms with Gasteiger partial charge in [-0.3, -0.25) is 4.79 Å². The maximum atomic E-state index is 11.7. The van der Waals surface area contributed by atoms with Crippen molar-refractivity contribution >= 4 is 5.91 Å². The van der Waals surface area contributed by atoms with Crippen molar-refractivity contribution in [3.8, 4) is 17.0 Å². The molecule has 0 aliphatic rings. The Bertz CT molecular complexity index is 863. The fourth-order valence-electron chi connectivity index (χ4n) is 2.53. The van der Waals surface area contributed by atoms with E-state index >= 15 is 0 Å². The maximum Gasteiger partial charge on any atom is 0.269 e. The first-order chi connectivity index (χ1) is 11.7. The monoisotopic (exact) mass is 319 g/mol. The van der Waals surface area contributed by atoms with E-state index in [0.29, 0.717) is 17.8 Å². The van der Waals surface area contributed by atoms with Crippen LogP contribution in [-0.2, 0) is 6.42 Å². The van der Waals surface area contributed by atoms with Gasteiger partial charge in [-0.25, -0.2) is 9.97 Å². The number of methoxy groups -OCH3 is 1. The smallest absolute Gasteiger partial charge is 0.269 e. The normalized spacial score (nSPS) is 10.4. The SMILES string of the molecule is COc1ccccc1Cc1nc(-c2ccccc2)cnc1C(N)=O. The minimum absolute atomic E-state index is 0.181. The highest BCUT2D eigenvalue weighted by molar-refractivity contribution is 5.92. The molecule has 1 aromatic heterocycles. The number of nitrogens with zero attached hydrogens (tertiary/aromatic N) is 2. The minimum Gasteiger partial charge on any atom is -0.496 e. The number of hydrogen-bond donors (Lipinski definition) is 1. The lowest BCUT2D eigenvalue weighted by molar-refractivity contribution is 0.0994. The lowest BCUT2D eigenvalue weighted by Crippen LogP contribution is -2.17. The van der Waals surface area contributed by atoms with Crippen molar-refractivity contribution in [3.63, 3.8) is 0 Å². The van der Waals surface area contributed by atoms with Crippen LogP contribution in [0.15, 0.2) is 60.8 Å². The highest BCUT2D eigenvalue weighted by Gasteiger charge is 2.15. The summed E-state index contributed by atoms with van der Waals surface area (Å²) in [5.41, 5.74) is 8.72. The molecule has 3 aromatic rings. The van der Waals surface area contributed by atoms with Crippen molar-refractivity contribution < 1.29 is 9.53 Å². The lowest BCUT2D eigenvalue weighted by Gasteiger charge is -2.11. The van der Waals surface area contributed by atoms with E-state index in [-0.39, 0.29) is 5.69 Å². The molecule has 0 aliphatic carbocycles. The molecule has 0 aliphatic heterocycles. The largest absolute Gasteiger partial charge is 0.496 e. The first-order valence-electron chi connectivity index (χ1n) is 7.52. The number of rotatable bonds is 5. The van der Waals surface area contributed by atoms with E-state index in [4.69, 9.17) is 10.5 Å². The Morgan fingerprint density at radius 1 is 1.08 bits per heavy atom. The van der Waals surface area contributed by atoms with E-state index in [9.17, 15) is 4.79 Å². The molecule has 1 heterocycles. The molecule has 0 radical (unpaired) electrons. The predicted octanol–water partition coefficient (Wildman–Crippen LogP) is 2.84. The zero-order valence-electron chi connectivity index (χ0n) is 13.3. The number of carbonyl (C=O) groups excluding carboxylic acids is 1. The number of aromatic nitrogens is 2. The Balaban J connectivity index is 2.05. The topological polar surface area (TPSA) is 78.1 Å². The number of amides is 1. The maximum absolute atomic E-state index is 11.7. The van der Waals surface area contributed by atoms with Gasteiger partial charge in [-0.15, -0.1) is 0 Å². The van der Waals surface area contributed by atoms with Gasteiger partial charge in [0.15, 0.2) is 0 Å². The van der Waals surface area contributed by atoms with Gasteiger partial charge >= 0.3 is 0 Å². The minimum atomic E-state index is -0.591. The van der Waals surface area contributed by atoms with Crippen LogP contribution in [0, 0.1) is 0 Å². The number of ether oxygens (including phenoxy) is 1. The molecule has 5 nitrogen and oxygen atoms in total. The first kappa shape index (κ1) is 15.7. The van der Waals surface area contributed by atoms with E-state index in [0.717, 1.165) is 16.9 Å². The highest BCUT2D eigenvalue weighted by atomic mass is 16.5. The van der Waals surface area contributed by atoms with Crippen LogP contribution in [0.1, 0.15) is 21.7 Å². The van der Waals surface area contributed by atoms with Crippen molar-refractivity contribution in [2.75, 3.05) is 7.11 Å². The zero-order chi connectivity index (χ0) is 16.9. The number of primary amides is 1. The summed E-state index contributed by atoms with van der Waals surface area (Å²) in [5.74, 6) is 0.145. The molecule has 120 valence electrons. The molecular formula is C19H17N3O2. The van der Waals surface area contributed by atoms with Gasteiger partial charge in [-0.05, 0) is 6.07 Å². The number of carbonyl (C=O) groups is 1. The van der Waals surface area contributed by atoms with Crippen LogP contribution in [0.2, 0.25) is 0 Å². The summed E-state index contributed by atoms with van der Waals surface area (Å²) < 4.78 is 5.37. The summed E-state index contributed by atoms with van der Waals surface area (Å²) in [6, 6.07) is 17.3. The van der Waals surface area contributed by atoms with Crippen LogP contribution in [0.5, 0.6) is 5.75 Å². The van der Waals surface area contributed by atoms with Gasteiger partial charge in [0, 0.05) is 17.5 Å². The summed E-state index contributed by atoms with van der Waals surface area (Å²) in [7, 11) is 1.61. The molecule has 1 amide bonds. The Labute approximate surface area is 140 Å². The van der Waals surface area contributed by atoms with Gasteiger partial charge in [-0.1, -0.05) is 48.5 Å². The molecule has 0 spiro atoms. The zero-order valence-corrected chi connectivity index (χ0v) is 13.3. The van der Waals surface area contributed by atoms with E-state index in [1.165, 1.54) is 0 Å². The second-order valence-electron chi connectivity index (χ2n) is 5.27. The summed E-state index contributed by atoms with van der Waals surface area (Å²) in [5, 5.41) is 0. The number of hydrogen-bond acceptors (Lipinski definition) is 4. The van der Waals surface area contributed by atoms with E-state index < -0.39 is 5.91 Å². The molecule has 0 atom stereocenters. The molecule has 24 heavy (non-hydrogen) atoms. The van der Waals surface area contributed by atoms with Gasteiger partial charge in [0.25, 0.3) is 5.91 Å². The van der Waals surface area contributed by atoms with Crippen molar-refractivity contribution in [1.29, 1.82) is 0 Å². The van der Waals surface area contributed by atoms with Crippen LogP contribution < -0.4 is 10.5 Å². The fraction of sp³-hybridized carbons (Fsp3) is 0.105. The Morgan fingerprint density at radius 3 is 2.50 bits per heavy atom. The molecule has 0 bridgehead atoms. The quantitative estimate of drug-likeness (QED) is 0.784. The summed E-state index contributed by atoms with van der Waals surface area (Å²) >= 11 is 0. The van der Waals surface area contributed by atoms with Gasteiger partial charge in [0.2, 0.25) is 0 Å². The Morgan fingerprint density at radius 2 is 1.79 bits per heavy atom. The standard InChI is InChI=1S/C19H17N3O2/c1-24-17-10-6-5-9-14(17)11-15-18(19(20)23)21-12-16(22-15)13-7-3-2-4-8-13/h2-10,12H,11H2,1H3,(H2,20,23). The van der Waals surface area contributed by atoms with Crippen LogP contribution >= 0.6 is 0 Å². The molecule has 2 aromatic carbocycles. The average Bonchev–Trinajstić information content (AvgIpc) is 2.62. The molecule has 0 fully saturated rings. The molecule has 3 rings (SSSR count). The van der Waals surface area contributed by atoms with E-state index in [2.05, 4.69) is 9.97 Å². The second kappa shape index (κ2) is 6.91. The fourth-order valence-corrected chi connectivity index (χ4v) is 2.53. The van der Waals surface area contributed by atoms with Crippen molar-refractivity contribution in [3.05, 3.63) is 77.7 Å². The summed E-state index contributed by atoms with van der Waals surface area (Å²) in [6.45, 7) is 0. The summed E-state index contributed by atoms with van der Waals surface area (Å²) in [4.78, 5) is 20.5. The van der Waals surface area contributed by atoms with Crippen molar-refractivity contribution in [2.24, 2.45) is 5.73 Å². The predicted molar refractivity (Wildman–Crippen MR) is 91.8 cm³/mol.